The van der Waals surface area contributed by atoms with Crippen molar-refractivity contribution < 1.29 is 14.1 Å². The largest absolute Gasteiger partial charge is 0.477 e. The Kier molecular flexibility index (Phi) is 2.38. The number of benzene rings is 1. The van der Waals surface area contributed by atoms with Crippen LogP contribution in [-0.2, 0) is 16.6 Å². The Labute approximate surface area is 104 Å². The van der Waals surface area contributed by atoms with Crippen molar-refractivity contribution in [1.29, 1.82) is 0 Å². The van der Waals surface area contributed by atoms with Crippen LogP contribution in [0.4, 0.5) is 0 Å². The molecule has 0 unspecified atom stereocenters. The Balaban J connectivity index is 2.26. The van der Waals surface area contributed by atoms with Gasteiger partial charge in [0.2, 0.25) is 0 Å². The highest BCUT2D eigenvalue weighted by molar-refractivity contribution is 7.84. The number of hydrogen-bond acceptors (Lipinski definition) is 3. The van der Waals surface area contributed by atoms with Crippen LogP contribution in [0.25, 0.3) is 10.4 Å². The molecule has 3 rings (SSSR count). The molecule has 5 heteroatoms. The number of aromatic carboxylic acids is 1. The molecule has 0 aliphatic carbocycles. The van der Waals surface area contributed by atoms with Crippen LogP contribution in [0.3, 0.4) is 0 Å². The van der Waals surface area contributed by atoms with Crippen LogP contribution >= 0.6 is 11.3 Å². The van der Waals surface area contributed by atoms with E-state index in [1.807, 2.05) is 24.3 Å². The molecule has 2 heterocycles. The van der Waals surface area contributed by atoms with E-state index in [0.717, 1.165) is 20.9 Å². The summed E-state index contributed by atoms with van der Waals surface area (Å²) in [6.45, 7) is 0. The van der Waals surface area contributed by atoms with Gasteiger partial charge in [-0.1, -0.05) is 18.2 Å². The smallest absolute Gasteiger partial charge is 0.345 e. The number of carboxylic acid groups (broad SMARTS) is 1. The Bertz CT molecular complexity index is 643. The number of carbonyl (C=O) groups is 1. The summed E-state index contributed by atoms with van der Waals surface area (Å²) in [5.41, 5.74) is 1.79. The first-order valence-electron chi connectivity index (χ1n) is 5.00. The van der Waals surface area contributed by atoms with Crippen LogP contribution in [-0.4, -0.2) is 15.3 Å². The molecular formula is C12H8O3S2. The zero-order chi connectivity index (χ0) is 12.0. The minimum atomic E-state index is -1.06. The Morgan fingerprint density at radius 2 is 2.12 bits per heavy atom. The van der Waals surface area contributed by atoms with E-state index in [-0.39, 0.29) is 0 Å². The minimum Gasteiger partial charge on any atom is -0.477 e. The molecule has 3 nitrogen and oxygen atoms in total. The van der Waals surface area contributed by atoms with E-state index in [1.54, 1.807) is 6.07 Å². The Morgan fingerprint density at radius 1 is 1.35 bits per heavy atom. The number of thiophene rings is 1. The quantitative estimate of drug-likeness (QED) is 0.861. The molecule has 1 aromatic heterocycles. The first-order valence-corrected chi connectivity index (χ1v) is 7.14. The lowest BCUT2D eigenvalue weighted by molar-refractivity contribution is 0.0702. The van der Waals surface area contributed by atoms with Gasteiger partial charge in [0.25, 0.3) is 0 Å². The van der Waals surface area contributed by atoms with Crippen molar-refractivity contribution in [2.75, 3.05) is 0 Å². The standard InChI is InChI=1S/C12H8O3S2/c13-12(14)9-5-7-6-17(15)10-4-2-1-3-8(10)11(7)16-9/h1-5H,6H2,(H,13,14)/t17-/m1/s1. The molecule has 1 N–H and O–H groups in total. The summed E-state index contributed by atoms with van der Waals surface area (Å²) < 4.78 is 12.0. The van der Waals surface area contributed by atoms with Gasteiger partial charge in [-0.25, -0.2) is 4.79 Å². The van der Waals surface area contributed by atoms with Gasteiger partial charge in [0.15, 0.2) is 0 Å². The van der Waals surface area contributed by atoms with Crippen LogP contribution in [0.1, 0.15) is 15.2 Å². The summed E-state index contributed by atoms with van der Waals surface area (Å²) in [5.74, 6) is -0.511. The van der Waals surface area contributed by atoms with E-state index in [1.165, 1.54) is 11.3 Å². The summed E-state index contributed by atoms with van der Waals surface area (Å²) in [6.07, 6.45) is 0. The molecule has 0 amide bonds. The van der Waals surface area contributed by atoms with Crippen molar-refractivity contribution >= 4 is 28.1 Å². The monoisotopic (exact) mass is 264 g/mol. The summed E-state index contributed by atoms with van der Waals surface area (Å²) >= 11 is 1.25. The molecule has 0 spiro atoms. The molecule has 0 radical (unpaired) electrons. The first kappa shape index (κ1) is 10.7. The van der Waals surface area contributed by atoms with E-state index >= 15 is 0 Å². The molecular weight excluding hydrogens is 256 g/mol. The van der Waals surface area contributed by atoms with Gasteiger partial charge in [-0.05, 0) is 17.7 Å². The van der Waals surface area contributed by atoms with Crippen molar-refractivity contribution in [3.63, 3.8) is 0 Å². The molecule has 0 fully saturated rings. The average molecular weight is 264 g/mol. The second-order valence-corrected chi connectivity index (χ2v) is 6.23. The second-order valence-electron chi connectivity index (χ2n) is 3.76. The number of fused-ring (bicyclic) bond motifs is 3. The molecule has 0 bridgehead atoms. The number of carboxylic acids is 1. The molecule has 2 aromatic rings. The predicted molar refractivity (Wildman–Crippen MR) is 66.8 cm³/mol. The van der Waals surface area contributed by atoms with Gasteiger partial charge in [0.1, 0.15) is 4.88 Å². The van der Waals surface area contributed by atoms with E-state index in [9.17, 15) is 9.00 Å². The maximum atomic E-state index is 12.0. The topological polar surface area (TPSA) is 54.4 Å². The summed E-state index contributed by atoms with van der Waals surface area (Å²) in [7, 11) is -1.06. The fraction of sp³-hybridized carbons (Fsp3) is 0.0833. The summed E-state index contributed by atoms with van der Waals surface area (Å²) in [4.78, 5) is 13.0. The van der Waals surface area contributed by atoms with E-state index in [0.29, 0.717) is 10.6 Å². The van der Waals surface area contributed by atoms with Crippen molar-refractivity contribution in [2.45, 2.75) is 10.6 Å². The first-order chi connectivity index (χ1) is 8.16. The van der Waals surface area contributed by atoms with Gasteiger partial charge < -0.3 is 5.11 Å². The van der Waals surface area contributed by atoms with Gasteiger partial charge >= 0.3 is 5.97 Å². The van der Waals surface area contributed by atoms with Crippen LogP contribution in [0, 0.1) is 0 Å². The van der Waals surface area contributed by atoms with Crippen molar-refractivity contribution in [3.8, 4) is 10.4 Å². The fourth-order valence-corrected chi connectivity index (χ4v) is 4.47. The molecule has 17 heavy (non-hydrogen) atoms. The number of hydrogen-bond donors (Lipinski definition) is 1. The average Bonchev–Trinajstić information content (AvgIpc) is 2.73. The molecule has 1 atom stereocenters. The summed E-state index contributed by atoms with van der Waals surface area (Å²) in [6, 6.07) is 9.11. The highest BCUT2D eigenvalue weighted by Crippen LogP contribution is 2.41. The number of rotatable bonds is 1. The SMILES string of the molecule is O=C(O)c1cc2c(s1)-c1ccccc1[S@](=O)C2. The van der Waals surface area contributed by atoms with E-state index in [4.69, 9.17) is 5.11 Å². The second kappa shape index (κ2) is 3.78. The molecule has 86 valence electrons. The molecule has 0 saturated carbocycles. The van der Waals surface area contributed by atoms with Crippen LogP contribution in [0.15, 0.2) is 35.2 Å². The normalized spacial score (nSPS) is 17.3. The molecule has 1 aliphatic heterocycles. The zero-order valence-corrected chi connectivity index (χ0v) is 10.3. The van der Waals surface area contributed by atoms with Gasteiger partial charge in [0, 0.05) is 15.3 Å². The maximum Gasteiger partial charge on any atom is 0.345 e. The highest BCUT2D eigenvalue weighted by Gasteiger charge is 2.25. The molecule has 1 aliphatic rings. The van der Waals surface area contributed by atoms with Crippen molar-refractivity contribution in [1.82, 2.24) is 0 Å². The van der Waals surface area contributed by atoms with Crippen molar-refractivity contribution in [3.05, 3.63) is 40.8 Å². The zero-order valence-electron chi connectivity index (χ0n) is 8.67. The van der Waals surface area contributed by atoms with Crippen molar-refractivity contribution in [2.24, 2.45) is 0 Å². The van der Waals surface area contributed by atoms with Gasteiger partial charge in [-0.3, -0.25) is 4.21 Å². The lowest BCUT2D eigenvalue weighted by Gasteiger charge is -2.14. The third-order valence-electron chi connectivity index (χ3n) is 2.68. The van der Waals surface area contributed by atoms with Gasteiger partial charge in [0.05, 0.1) is 16.6 Å². The third-order valence-corrected chi connectivity index (χ3v) is 5.30. The third kappa shape index (κ3) is 1.62. The van der Waals surface area contributed by atoms with E-state index in [2.05, 4.69) is 0 Å². The lowest BCUT2D eigenvalue weighted by Crippen LogP contribution is -2.04. The Hall–Kier alpha value is -1.46. The van der Waals surface area contributed by atoms with Gasteiger partial charge in [-0.15, -0.1) is 11.3 Å². The highest BCUT2D eigenvalue weighted by atomic mass is 32.2. The lowest BCUT2D eigenvalue weighted by atomic mass is 10.1. The molecule has 1 aromatic carbocycles. The van der Waals surface area contributed by atoms with Gasteiger partial charge in [-0.2, -0.15) is 0 Å². The fourth-order valence-electron chi connectivity index (χ4n) is 1.94. The predicted octanol–water partition coefficient (Wildman–Crippen LogP) is 2.73. The summed E-state index contributed by atoms with van der Waals surface area (Å²) in [5, 5.41) is 8.98. The minimum absolute atomic E-state index is 0.309. The van der Waals surface area contributed by atoms with Crippen LogP contribution < -0.4 is 0 Å². The van der Waals surface area contributed by atoms with Crippen LogP contribution in [0.5, 0.6) is 0 Å². The Morgan fingerprint density at radius 3 is 2.88 bits per heavy atom. The maximum absolute atomic E-state index is 12.0. The van der Waals surface area contributed by atoms with Crippen LogP contribution in [0.2, 0.25) is 0 Å². The molecule has 0 saturated heterocycles. The van der Waals surface area contributed by atoms with E-state index < -0.39 is 16.8 Å².